The van der Waals surface area contributed by atoms with E-state index in [0.717, 1.165) is 30.4 Å². The highest BCUT2D eigenvalue weighted by molar-refractivity contribution is 5.09. The first-order chi connectivity index (χ1) is 8.13. The topological polar surface area (TPSA) is 42.1 Å². The minimum Gasteiger partial charge on any atom is -0.328 e. The lowest BCUT2D eigenvalue weighted by molar-refractivity contribution is 0.267. The molecule has 2 unspecified atom stereocenters. The van der Waals surface area contributed by atoms with Crippen LogP contribution >= 0.6 is 0 Å². The van der Waals surface area contributed by atoms with Crippen LogP contribution in [0.2, 0.25) is 0 Å². The lowest BCUT2D eigenvalue weighted by atomic mass is 10.1. The summed E-state index contributed by atoms with van der Waals surface area (Å²) in [6, 6.07) is 6.66. The monoisotopic (exact) mass is 233 g/mol. The second-order valence-electron chi connectivity index (χ2n) is 5.41. The quantitative estimate of drug-likeness (QED) is 0.864. The number of hydrogen-bond acceptors (Lipinski definition) is 3. The molecule has 17 heavy (non-hydrogen) atoms. The normalized spacial score (nSPS) is 24.5. The van der Waals surface area contributed by atoms with Gasteiger partial charge in [0.15, 0.2) is 0 Å². The molecule has 1 fully saturated rings. The summed E-state index contributed by atoms with van der Waals surface area (Å²) in [7, 11) is 2.17. The van der Waals surface area contributed by atoms with Crippen LogP contribution in [-0.4, -0.2) is 29.5 Å². The molecule has 0 amide bonds. The summed E-state index contributed by atoms with van der Waals surface area (Å²) in [5, 5.41) is 0. The first-order valence-corrected chi connectivity index (χ1v) is 6.50. The second kappa shape index (κ2) is 5.61. The summed E-state index contributed by atoms with van der Waals surface area (Å²) in [4.78, 5) is 6.90. The largest absolute Gasteiger partial charge is 0.328 e. The number of aryl methyl sites for hydroxylation is 1. The van der Waals surface area contributed by atoms with E-state index in [-0.39, 0.29) is 0 Å². The number of pyridine rings is 1. The van der Waals surface area contributed by atoms with Crippen molar-refractivity contribution in [3.63, 3.8) is 0 Å². The third-order valence-corrected chi connectivity index (χ3v) is 3.53. The number of nitrogens with two attached hydrogens (primary N) is 1. The summed E-state index contributed by atoms with van der Waals surface area (Å²) in [6.07, 6.45) is 3.67. The Morgan fingerprint density at radius 1 is 1.41 bits per heavy atom. The number of hydrogen-bond donors (Lipinski definition) is 1. The molecule has 2 atom stereocenters. The zero-order valence-corrected chi connectivity index (χ0v) is 10.9. The van der Waals surface area contributed by atoms with Gasteiger partial charge in [-0.2, -0.15) is 0 Å². The van der Waals surface area contributed by atoms with Gasteiger partial charge >= 0.3 is 0 Å². The molecule has 0 aliphatic heterocycles. The molecule has 3 heteroatoms. The van der Waals surface area contributed by atoms with Crippen LogP contribution in [0.4, 0.5) is 0 Å². The van der Waals surface area contributed by atoms with Gasteiger partial charge in [-0.25, -0.2) is 0 Å². The fourth-order valence-corrected chi connectivity index (χ4v) is 2.75. The van der Waals surface area contributed by atoms with E-state index in [1.165, 1.54) is 19.3 Å². The molecule has 3 nitrogen and oxygen atoms in total. The molecule has 1 aliphatic carbocycles. The van der Waals surface area contributed by atoms with Gasteiger partial charge < -0.3 is 10.6 Å². The highest BCUT2D eigenvalue weighted by Crippen LogP contribution is 2.24. The van der Waals surface area contributed by atoms with Crippen molar-refractivity contribution in [3.05, 3.63) is 29.6 Å². The van der Waals surface area contributed by atoms with Crippen LogP contribution in [0.25, 0.3) is 0 Å². The zero-order valence-electron chi connectivity index (χ0n) is 10.9. The molecule has 0 aromatic carbocycles. The van der Waals surface area contributed by atoms with E-state index in [1.54, 1.807) is 0 Å². The minimum absolute atomic E-state index is 0.436. The molecular formula is C14H23N3. The molecule has 2 N–H and O–H groups in total. The molecule has 94 valence electrons. The summed E-state index contributed by atoms with van der Waals surface area (Å²) in [5.74, 6) is 0.778. The average molecular weight is 233 g/mol. The Balaban J connectivity index is 1.83. The van der Waals surface area contributed by atoms with Crippen molar-refractivity contribution >= 4 is 0 Å². The maximum Gasteiger partial charge on any atom is 0.0547 e. The van der Waals surface area contributed by atoms with Crippen molar-refractivity contribution in [1.29, 1.82) is 0 Å². The van der Waals surface area contributed by atoms with Crippen molar-refractivity contribution in [2.24, 2.45) is 11.7 Å². The number of aromatic nitrogens is 1. The van der Waals surface area contributed by atoms with E-state index in [1.807, 2.05) is 13.0 Å². The highest BCUT2D eigenvalue weighted by Gasteiger charge is 2.22. The van der Waals surface area contributed by atoms with Crippen LogP contribution in [0.5, 0.6) is 0 Å². The molecule has 0 saturated heterocycles. The molecule has 1 aliphatic rings. The van der Waals surface area contributed by atoms with Crippen molar-refractivity contribution in [2.75, 3.05) is 13.6 Å². The van der Waals surface area contributed by atoms with Gasteiger partial charge in [0.05, 0.1) is 5.69 Å². The Kier molecular flexibility index (Phi) is 4.13. The van der Waals surface area contributed by atoms with Crippen molar-refractivity contribution in [3.8, 4) is 0 Å². The minimum atomic E-state index is 0.436. The molecule has 0 bridgehead atoms. The Morgan fingerprint density at radius 3 is 2.88 bits per heavy atom. The first kappa shape index (κ1) is 12.5. The molecule has 0 spiro atoms. The van der Waals surface area contributed by atoms with Crippen LogP contribution in [0.1, 0.15) is 30.7 Å². The van der Waals surface area contributed by atoms with Crippen LogP contribution in [0.15, 0.2) is 18.2 Å². The van der Waals surface area contributed by atoms with Crippen LogP contribution < -0.4 is 5.73 Å². The van der Waals surface area contributed by atoms with Crippen molar-refractivity contribution in [1.82, 2.24) is 9.88 Å². The molecule has 2 rings (SSSR count). The lowest BCUT2D eigenvalue weighted by Gasteiger charge is -2.20. The van der Waals surface area contributed by atoms with E-state index in [4.69, 9.17) is 5.73 Å². The smallest absolute Gasteiger partial charge is 0.0547 e. The second-order valence-corrected chi connectivity index (χ2v) is 5.41. The number of nitrogens with zero attached hydrogens (tertiary/aromatic N) is 2. The third kappa shape index (κ3) is 3.79. The predicted molar refractivity (Wildman–Crippen MR) is 70.6 cm³/mol. The predicted octanol–water partition coefficient (Wildman–Crippen LogP) is 1.95. The SMILES string of the molecule is Cc1cccc(CN(C)CC2CCC(N)C2)n1. The maximum atomic E-state index is 5.94. The van der Waals surface area contributed by atoms with Crippen molar-refractivity contribution < 1.29 is 0 Å². The summed E-state index contributed by atoms with van der Waals surface area (Å²) >= 11 is 0. The first-order valence-electron chi connectivity index (χ1n) is 6.50. The van der Waals surface area contributed by atoms with Crippen LogP contribution in [0.3, 0.4) is 0 Å². The zero-order chi connectivity index (χ0) is 12.3. The highest BCUT2D eigenvalue weighted by atomic mass is 15.1. The van der Waals surface area contributed by atoms with Crippen LogP contribution in [-0.2, 0) is 6.54 Å². The van der Waals surface area contributed by atoms with Gasteiger partial charge in [0.1, 0.15) is 0 Å². The van der Waals surface area contributed by atoms with Gasteiger partial charge in [0.25, 0.3) is 0 Å². The van der Waals surface area contributed by atoms with Gasteiger partial charge in [-0.15, -0.1) is 0 Å². The van der Waals surface area contributed by atoms with Gasteiger partial charge in [0, 0.05) is 24.8 Å². The number of rotatable bonds is 4. The van der Waals surface area contributed by atoms with E-state index in [0.29, 0.717) is 6.04 Å². The maximum absolute atomic E-state index is 5.94. The third-order valence-electron chi connectivity index (χ3n) is 3.53. The Labute approximate surface area is 104 Å². The summed E-state index contributed by atoms with van der Waals surface area (Å²) in [6.45, 7) is 4.12. The molecule has 0 radical (unpaired) electrons. The van der Waals surface area contributed by atoms with Gasteiger partial charge in [-0.1, -0.05) is 6.07 Å². The standard InChI is InChI=1S/C14H23N3/c1-11-4-3-5-14(16-11)10-17(2)9-12-6-7-13(15)8-12/h3-5,12-13H,6-10,15H2,1-2H3. The summed E-state index contributed by atoms with van der Waals surface area (Å²) in [5.41, 5.74) is 8.20. The summed E-state index contributed by atoms with van der Waals surface area (Å²) < 4.78 is 0. The molecular weight excluding hydrogens is 210 g/mol. The fourth-order valence-electron chi connectivity index (χ4n) is 2.75. The van der Waals surface area contributed by atoms with E-state index in [9.17, 15) is 0 Å². The molecule has 1 aromatic rings. The fraction of sp³-hybridized carbons (Fsp3) is 0.643. The Hall–Kier alpha value is -0.930. The molecule has 1 heterocycles. The average Bonchev–Trinajstić information content (AvgIpc) is 2.63. The van der Waals surface area contributed by atoms with E-state index < -0.39 is 0 Å². The Morgan fingerprint density at radius 2 is 2.24 bits per heavy atom. The van der Waals surface area contributed by atoms with E-state index >= 15 is 0 Å². The van der Waals surface area contributed by atoms with E-state index in [2.05, 4.69) is 29.1 Å². The van der Waals surface area contributed by atoms with Gasteiger partial charge in [-0.3, -0.25) is 4.98 Å². The molecule has 1 saturated carbocycles. The van der Waals surface area contributed by atoms with Crippen LogP contribution in [0, 0.1) is 12.8 Å². The lowest BCUT2D eigenvalue weighted by Crippen LogP contribution is -2.25. The van der Waals surface area contributed by atoms with Crippen molar-refractivity contribution in [2.45, 2.75) is 38.8 Å². The molecule has 1 aromatic heterocycles. The van der Waals surface area contributed by atoms with Gasteiger partial charge in [0.2, 0.25) is 0 Å². The van der Waals surface area contributed by atoms with Gasteiger partial charge in [-0.05, 0) is 51.3 Å². The Bertz CT molecular complexity index is 364.